The lowest BCUT2D eigenvalue weighted by atomic mass is 10.1. The van der Waals surface area contributed by atoms with Crippen LogP contribution >= 0.6 is 0 Å². The van der Waals surface area contributed by atoms with Crippen LogP contribution in [0.5, 0.6) is 0 Å². The Morgan fingerprint density at radius 2 is 1.96 bits per heavy atom. The van der Waals surface area contributed by atoms with Gasteiger partial charge in [0.1, 0.15) is 0 Å². The van der Waals surface area contributed by atoms with Crippen LogP contribution in [-0.2, 0) is 17.8 Å². The van der Waals surface area contributed by atoms with Gasteiger partial charge in [-0.25, -0.2) is 14.5 Å². The average molecular weight is 376 g/mol. The van der Waals surface area contributed by atoms with Crippen molar-refractivity contribution in [3.63, 3.8) is 0 Å². The highest BCUT2D eigenvalue weighted by molar-refractivity contribution is 5.94. The topological polar surface area (TPSA) is 106 Å². The third kappa shape index (κ3) is 3.71. The SMILES string of the molecule is NC(=O)Cc1nc(-c2cccc(N3CCNC3=O)c2)n(Cc2ccccc2)n1. The Morgan fingerprint density at radius 3 is 2.68 bits per heavy atom. The molecule has 1 aliphatic rings. The summed E-state index contributed by atoms with van der Waals surface area (Å²) in [6, 6.07) is 17.4. The Kier molecular flexibility index (Phi) is 4.76. The summed E-state index contributed by atoms with van der Waals surface area (Å²) in [6.07, 6.45) is -0.0248. The van der Waals surface area contributed by atoms with Gasteiger partial charge in [-0.05, 0) is 17.7 Å². The number of amides is 3. The molecule has 0 unspecified atom stereocenters. The number of hydrogen-bond acceptors (Lipinski definition) is 4. The van der Waals surface area contributed by atoms with Crippen LogP contribution in [0.15, 0.2) is 54.6 Å². The molecule has 1 fully saturated rings. The molecule has 0 saturated carbocycles. The van der Waals surface area contributed by atoms with Gasteiger partial charge in [-0.3, -0.25) is 9.69 Å². The molecule has 3 N–H and O–H groups in total. The first-order chi connectivity index (χ1) is 13.6. The molecule has 8 nitrogen and oxygen atoms in total. The number of anilines is 1. The largest absolute Gasteiger partial charge is 0.369 e. The Hall–Kier alpha value is -3.68. The molecule has 0 atom stereocenters. The maximum absolute atomic E-state index is 12.0. The lowest BCUT2D eigenvalue weighted by molar-refractivity contribution is -0.117. The summed E-state index contributed by atoms with van der Waals surface area (Å²) in [5.74, 6) is 0.523. The molecule has 0 spiro atoms. The van der Waals surface area contributed by atoms with Crippen molar-refractivity contribution < 1.29 is 9.59 Å². The maximum atomic E-state index is 12.0. The van der Waals surface area contributed by atoms with E-state index in [0.29, 0.717) is 31.3 Å². The van der Waals surface area contributed by atoms with E-state index in [4.69, 9.17) is 5.73 Å². The number of benzene rings is 2. The molecule has 0 bridgehead atoms. The van der Waals surface area contributed by atoms with Crippen molar-refractivity contribution in [3.8, 4) is 11.4 Å². The van der Waals surface area contributed by atoms with Gasteiger partial charge in [0, 0.05) is 24.3 Å². The molecular formula is C20H20N6O2. The second-order valence-corrected chi connectivity index (χ2v) is 6.57. The van der Waals surface area contributed by atoms with E-state index in [-0.39, 0.29) is 12.5 Å². The number of nitrogens with two attached hydrogens (primary N) is 1. The van der Waals surface area contributed by atoms with Crippen molar-refractivity contribution in [2.45, 2.75) is 13.0 Å². The standard InChI is InChI=1S/C20H20N6O2/c21-17(27)12-18-23-19(26(24-18)13-14-5-2-1-3-6-14)15-7-4-8-16(11-15)25-10-9-22-20(25)28/h1-8,11H,9-10,12-13H2,(H2,21,27)(H,22,28). The van der Waals surface area contributed by atoms with Crippen molar-refractivity contribution in [2.75, 3.05) is 18.0 Å². The summed E-state index contributed by atoms with van der Waals surface area (Å²) < 4.78 is 1.76. The minimum absolute atomic E-state index is 0.0248. The van der Waals surface area contributed by atoms with E-state index in [0.717, 1.165) is 16.8 Å². The van der Waals surface area contributed by atoms with Crippen LogP contribution in [0.4, 0.5) is 10.5 Å². The van der Waals surface area contributed by atoms with Crippen LogP contribution in [-0.4, -0.2) is 39.8 Å². The number of carbonyl (C=O) groups is 2. The first-order valence-electron chi connectivity index (χ1n) is 9.02. The number of nitrogens with zero attached hydrogens (tertiary/aromatic N) is 4. The van der Waals surface area contributed by atoms with Gasteiger partial charge in [-0.2, -0.15) is 5.10 Å². The number of carbonyl (C=O) groups excluding carboxylic acids is 2. The van der Waals surface area contributed by atoms with E-state index < -0.39 is 5.91 Å². The summed E-state index contributed by atoms with van der Waals surface area (Å²) in [4.78, 5) is 29.5. The fourth-order valence-corrected chi connectivity index (χ4v) is 3.23. The fourth-order valence-electron chi connectivity index (χ4n) is 3.23. The lowest BCUT2D eigenvalue weighted by Crippen LogP contribution is -2.27. The summed E-state index contributed by atoms with van der Waals surface area (Å²) in [5.41, 5.74) is 7.99. The first-order valence-corrected chi connectivity index (χ1v) is 9.02. The molecule has 0 radical (unpaired) electrons. The monoisotopic (exact) mass is 376 g/mol. The molecule has 1 aliphatic heterocycles. The zero-order valence-corrected chi connectivity index (χ0v) is 15.2. The number of urea groups is 1. The number of rotatable bonds is 6. The fraction of sp³-hybridized carbons (Fsp3) is 0.200. The Morgan fingerprint density at radius 1 is 1.14 bits per heavy atom. The molecule has 2 heterocycles. The molecule has 1 aromatic heterocycles. The van der Waals surface area contributed by atoms with Crippen molar-refractivity contribution in [1.82, 2.24) is 20.1 Å². The molecule has 3 amide bonds. The van der Waals surface area contributed by atoms with Crippen molar-refractivity contribution in [3.05, 3.63) is 66.0 Å². The normalized spacial score (nSPS) is 13.6. The van der Waals surface area contributed by atoms with Gasteiger partial charge in [0.2, 0.25) is 5.91 Å². The van der Waals surface area contributed by atoms with E-state index in [1.54, 1.807) is 9.58 Å². The van der Waals surface area contributed by atoms with Crippen LogP contribution in [0.3, 0.4) is 0 Å². The van der Waals surface area contributed by atoms with E-state index in [9.17, 15) is 9.59 Å². The highest BCUT2D eigenvalue weighted by Crippen LogP contribution is 2.25. The average Bonchev–Trinajstić information content (AvgIpc) is 3.28. The highest BCUT2D eigenvalue weighted by atomic mass is 16.2. The molecular weight excluding hydrogens is 356 g/mol. The number of hydrogen-bond donors (Lipinski definition) is 2. The van der Waals surface area contributed by atoms with Crippen LogP contribution < -0.4 is 16.0 Å². The van der Waals surface area contributed by atoms with Gasteiger partial charge in [0.25, 0.3) is 0 Å². The Labute approximate surface area is 162 Å². The molecule has 0 aliphatic carbocycles. The third-order valence-electron chi connectivity index (χ3n) is 4.50. The number of aromatic nitrogens is 3. The number of nitrogens with one attached hydrogen (secondary N) is 1. The third-order valence-corrected chi connectivity index (χ3v) is 4.50. The zero-order valence-electron chi connectivity index (χ0n) is 15.2. The van der Waals surface area contributed by atoms with E-state index in [1.807, 2.05) is 54.6 Å². The van der Waals surface area contributed by atoms with E-state index in [2.05, 4.69) is 15.4 Å². The predicted octanol–water partition coefficient (Wildman–Crippen LogP) is 1.55. The minimum Gasteiger partial charge on any atom is -0.369 e. The molecule has 4 rings (SSSR count). The summed E-state index contributed by atoms with van der Waals surface area (Å²) in [6.45, 7) is 1.75. The van der Waals surface area contributed by atoms with Gasteiger partial charge in [0.15, 0.2) is 11.6 Å². The van der Waals surface area contributed by atoms with Crippen LogP contribution in [0.2, 0.25) is 0 Å². The van der Waals surface area contributed by atoms with E-state index in [1.165, 1.54) is 0 Å². The van der Waals surface area contributed by atoms with Crippen molar-refractivity contribution >= 4 is 17.6 Å². The quantitative estimate of drug-likeness (QED) is 0.681. The van der Waals surface area contributed by atoms with Crippen molar-refractivity contribution in [2.24, 2.45) is 5.73 Å². The molecule has 8 heteroatoms. The van der Waals surface area contributed by atoms with Gasteiger partial charge < -0.3 is 11.1 Å². The minimum atomic E-state index is -0.481. The molecule has 3 aromatic rings. The molecule has 28 heavy (non-hydrogen) atoms. The Bertz CT molecular complexity index is 1010. The van der Waals surface area contributed by atoms with Gasteiger partial charge >= 0.3 is 6.03 Å². The van der Waals surface area contributed by atoms with Crippen LogP contribution in [0, 0.1) is 0 Å². The van der Waals surface area contributed by atoms with E-state index >= 15 is 0 Å². The van der Waals surface area contributed by atoms with Gasteiger partial charge in [-0.1, -0.05) is 42.5 Å². The second-order valence-electron chi connectivity index (χ2n) is 6.57. The highest BCUT2D eigenvalue weighted by Gasteiger charge is 2.22. The second kappa shape index (κ2) is 7.51. The summed E-state index contributed by atoms with van der Waals surface area (Å²) in [5, 5.41) is 7.28. The van der Waals surface area contributed by atoms with Gasteiger partial charge in [0.05, 0.1) is 13.0 Å². The summed E-state index contributed by atoms with van der Waals surface area (Å²) in [7, 11) is 0. The van der Waals surface area contributed by atoms with Crippen LogP contribution in [0.1, 0.15) is 11.4 Å². The number of primary amides is 1. The lowest BCUT2D eigenvalue weighted by Gasteiger charge is -2.15. The maximum Gasteiger partial charge on any atom is 0.321 e. The molecule has 2 aromatic carbocycles. The predicted molar refractivity (Wildman–Crippen MR) is 105 cm³/mol. The smallest absolute Gasteiger partial charge is 0.321 e. The summed E-state index contributed by atoms with van der Waals surface area (Å²) >= 11 is 0. The van der Waals surface area contributed by atoms with Crippen LogP contribution in [0.25, 0.3) is 11.4 Å². The van der Waals surface area contributed by atoms with Crippen molar-refractivity contribution in [1.29, 1.82) is 0 Å². The molecule has 142 valence electrons. The first kappa shape index (κ1) is 17.7. The Balaban J connectivity index is 1.72. The van der Waals surface area contributed by atoms with Gasteiger partial charge in [-0.15, -0.1) is 0 Å². The molecule has 1 saturated heterocycles. The zero-order chi connectivity index (χ0) is 19.5.